The minimum absolute atomic E-state index is 0.0601. The van der Waals surface area contributed by atoms with Gasteiger partial charge in [0.05, 0.1) is 45.4 Å². The van der Waals surface area contributed by atoms with E-state index in [9.17, 15) is 18.8 Å². The number of nitrogens with zero attached hydrogens (tertiary/aromatic N) is 4. The van der Waals surface area contributed by atoms with E-state index in [-0.39, 0.29) is 12.6 Å². The fourth-order valence-corrected chi connectivity index (χ4v) is 8.19. The first-order chi connectivity index (χ1) is 17.4. The van der Waals surface area contributed by atoms with Crippen LogP contribution in [0.1, 0.15) is 51.5 Å². The Labute approximate surface area is 222 Å². The summed E-state index contributed by atoms with van der Waals surface area (Å²) in [5.41, 5.74) is 3.36. The molecule has 1 atom stereocenters. The lowest BCUT2D eigenvalue weighted by Gasteiger charge is -2.38. The van der Waals surface area contributed by atoms with Crippen LogP contribution in [0.3, 0.4) is 0 Å². The molecule has 0 amide bonds. The van der Waals surface area contributed by atoms with Gasteiger partial charge in [0.25, 0.3) is 0 Å². The number of hydrogen-bond acceptors (Lipinski definition) is 8. The maximum atomic E-state index is 13.5. The molecule has 0 radical (unpaired) electrons. The van der Waals surface area contributed by atoms with Gasteiger partial charge in [-0.25, -0.2) is 8.42 Å². The minimum atomic E-state index is -3.53. The number of thiophene rings is 1. The summed E-state index contributed by atoms with van der Waals surface area (Å²) >= 11 is 1.48. The highest BCUT2D eigenvalue weighted by molar-refractivity contribution is 7.90. The van der Waals surface area contributed by atoms with E-state index in [1.54, 1.807) is 37.3 Å². The fourth-order valence-electron chi connectivity index (χ4n) is 5.44. The van der Waals surface area contributed by atoms with Crippen molar-refractivity contribution >= 4 is 37.3 Å². The lowest BCUT2D eigenvalue weighted by Crippen LogP contribution is -2.50. The second-order valence-corrected chi connectivity index (χ2v) is 15.0. The fraction of sp³-hybridized carbons (Fsp3) is 0.481. The van der Waals surface area contributed by atoms with Gasteiger partial charge in [0.2, 0.25) is 10.0 Å². The molecular formula is C27H32N4O4S2. The number of anilines is 1. The summed E-state index contributed by atoms with van der Waals surface area (Å²) in [5, 5.41) is 19.5. The molecule has 1 N–H and O–H groups in total. The second-order valence-electron chi connectivity index (χ2n) is 11.3. The Morgan fingerprint density at radius 3 is 2.70 bits per heavy atom. The van der Waals surface area contributed by atoms with Crippen molar-refractivity contribution in [1.82, 2.24) is 9.29 Å². The molecule has 196 valence electrons. The largest absolute Gasteiger partial charge is 0.489 e. The van der Waals surface area contributed by atoms with Crippen LogP contribution in [-0.4, -0.2) is 58.8 Å². The Hall–Kier alpha value is -2.71. The van der Waals surface area contributed by atoms with E-state index in [0.717, 1.165) is 31.9 Å². The van der Waals surface area contributed by atoms with Gasteiger partial charge in [0, 0.05) is 46.4 Å². The lowest BCUT2D eigenvalue weighted by molar-refractivity contribution is 0.284. The number of nitriles is 1. The number of aromatic nitrogens is 1. The van der Waals surface area contributed by atoms with Gasteiger partial charge in [0.1, 0.15) is 12.4 Å². The summed E-state index contributed by atoms with van der Waals surface area (Å²) < 4.78 is 34.8. The van der Waals surface area contributed by atoms with Crippen LogP contribution in [0.2, 0.25) is 0 Å². The highest BCUT2D eigenvalue weighted by Crippen LogP contribution is 2.48. The van der Waals surface area contributed by atoms with Crippen LogP contribution in [0.25, 0.3) is 21.3 Å². The molecule has 10 heteroatoms. The minimum Gasteiger partial charge on any atom is -0.489 e. The van der Waals surface area contributed by atoms with Crippen LogP contribution in [0.4, 0.5) is 5.69 Å². The van der Waals surface area contributed by atoms with Crippen molar-refractivity contribution < 1.29 is 18.3 Å². The first kappa shape index (κ1) is 25.9. The molecular weight excluding hydrogens is 508 g/mol. The molecule has 1 aromatic carbocycles. The van der Waals surface area contributed by atoms with E-state index in [1.165, 1.54) is 11.3 Å². The monoisotopic (exact) mass is 540 g/mol. The number of aliphatic hydroxyl groups is 1. The lowest BCUT2D eigenvalue weighted by atomic mass is 9.96. The summed E-state index contributed by atoms with van der Waals surface area (Å²) in [4.78, 5) is 7.56. The SMILES string of the molecule is CC1(C)C[C@@H](N2CCOc3cc(C#N)cc(-c4ccnc5cc(CO)sc45)c32)CN1S(=O)(=O)C(C)(C)C. The number of sulfonamides is 1. The van der Waals surface area contributed by atoms with Crippen molar-refractivity contribution in [3.63, 3.8) is 0 Å². The van der Waals surface area contributed by atoms with Gasteiger partial charge in [-0.15, -0.1) is 11.3 Å². The average Bonchev–Trinajstić information content (AvgIpc) is 3.42. The van der Waals surface area contributed by atoms with E-state index < -0.39 is 20.3 Å². The zero-order valence-corrected chi connectivity index (χ0v) is 23.4. The van der Waals surface area contributed by atoms with Gasteiger partial charge < -0.3 is 14.7 Å². The van der Waals surface area contributed by atoms with Crippen molar-refractivity contribution in [2.75, 3.05) is 24.6 Å². The predicted octanol–water partition coefficient (Wildman–Crippen LogP) is 4.51. The molecule has 2 aromatic heterocycles. The van der Waals surface area contributed by atoms with Crippen molar-refractivity contribution in [2.45, 2.75) is 64.0 Å². The number of hydrogen-bond donors (Lipinski definition) is 1. The van der Waals surface area contributed by atoms with E-state index in [1.807, 2.05) is 32.0 Å². The standard InChI is InChI=1S/C27H32N4O4S2/c1-26(2,3)37(33,34)31-15-18(13-27(31,4)5)30-8-9-35-23-11-17(14-28)10-21(24(23)30)20-6-7-29-22-12-19(16-32)36-25(20)22/h6-7,10-12,18,32H,8-9,13,15-16H2,1-5H3/t18-/m1/s1. The number of rotatable bonds is 4. The average molecular weight is 541 g/mol. The zero-order chi connectivity index (χ0) is 26.8. The van der Waals surface area contributed by atoms with Crippen LogP contribution in [-0.2, 0) is 16.6 Å². The number of fused-ring (bicyclic) bond motifs is 2. The second kappa shape index (κ2) is 8.95. The van der Waals surface area contributed by atoms with Gasteiger partial charge in [-0.05, 0) is 59.2 Å². The number of benzene rings is 1. The third-order valence-corrected chi connectivity index (χ3v) is 11.2. The van der Waals surface area contributed by atoms with Crippen LogP contribution < -0.4 is 9.64 Å². The number of aliphatic hydroxyl groups excluding tert-OH is 1. The van der Waals surface area contributed by atoms with E-state index in [4.69, 9.17) is 4.74 Å². The predicted molar refractivity (Wildman–Crippen MR) is 146 cm³/mol. The summed E-state index contributed by atoms with van der Waals surface area (Å²) in [5.74, 6) is 0.624. The molecule has 2 aliphatic rings. The van der Waals surface area contributed by atoms with Crippen LogP contribution in [0.5, 0.6) is 5.75 Å². The highest BCUT2D eigenvalue weighted by atomic mass is 32.2. The van der Waals surface area contributed by atoms with Crippen molar-refractivity contribution in [1.29, 1.82) is 5.26 Å². The smallest absolute Gasteiger partial charge is 0.219 e. The van der Waals surface area contributed by atoms with E-state index in [2.05, 4.69) is 16.0 Å². The highest BCUT2D eigenvalue weighted by Gasteiger charge is 2.51. The Morgan fingerprint density at radius 1 is 1.27 bits per heavy atom. The number of ether oxygens (including phenoxy) is 1. The first-order valence-electron chi connectivity index (χ1n) is 12.4. The summed E-state index contributed by atoms with van der Waals surface area (Å²) in [6.07, 6.45) is 2.40. The van der Waals surface area contributed by atoms with Crippen LogP contribution in [0, 0.1) is 11.3 Å². The molecule has 37 heavy (non-hydrogen) atoms. The van der Waals surface area contributed by atoms with Crippen molar-refractivity contribution in [2.24, 2.45) is 0 Å². The molecule has 4 heterocycles. The maximum absolute atomic E-state index is 13.5. The Bertz CT molecular complexity index is 1520. The molecule has 0 spiro atoms. The Balaban J connectivity index is 1.66. The van der Waals surface area contributed by atoms with Gasteiger partial charge in [-0.3, -0.25) is 4.98 Å². The van der Waals surface area contributed by atoms with Crippen LogP contribution in [0.15, 0.2) is 30.5 Å². The molecule has 3 aromatic rings. The summed E-state index contributed by atoms with van der Waals surface area (Å²) in [7, 11) is -3.53. The van der Waals surface area contributed by atoms with E-state index in [0.29, 0.717) is 37.4 Å². The van der Waals surface area contributed by atoms with Crippen molar-refractivity contribution in [3.05, 3.63) is 40.9 Å². The number of pyridine rings is 1. The summed E-state index contributed by atoms with van der Waals surface area (Å²) in [6.45, 7) is 10.6. The Kier molecular flexibility index (Phi) is 6.27. The zero-order valence-electron chi connectivity index (χ0n) is 21.8. The molecule has 0 bridgehead atoms. The molecule has 2 aliphatic heterocycles. The molecule has 0 unspecified atom stereocenters. The topological polar surface area (TPSA) is 107 Å². The third kappa shape index (κ3) is 4.28. The van der Waals surface area contributed by atoms with Gasteiger partial charge >= 0.3 is 0 Å². The maximum Gasteiger partial charge on any atom is 0.219 e. The van der Waals surface area contributed by atoms with Gasteiger partial charge in [-0.2, -0.15) is 9.57 Å². The Morgan fingerprint density at radius 2 is 2.03 bits per heavy atom. The normalized spacial score (nSPS) is 20.0. The molecule has 8 nitrogen and oxygen atoms in total. The summed E-state index contributed by atoms with van der Waals surface area (Å²) in [6, 6.07) is 9.64. The molecule has 1 saturated heterocycles. The first-order valence-corrected chi connectivity index (χ1v) is 14.6. The van der Waals surface area contributed by atoms with Crippen LogP contribution >= 0.6 is 11.3 Å². The molecule has 1 fully saturated rings. The van der Waals surface area contributed by atoms with Gasteiger partial charge in [0.15, 0.2) is 0 Å². The quantitative estimate of drug-likeness (QED) is 0.519. The van der Waals surface area contributed by atoms with E-state index >= 15 is 0 Å². The van der Waals surface area contributed by atoms with Gasteiger partial charge in [-0.1, -0.05) is 0 Å². The molecule has 0 saturated carbocycles. The molecule has 0 aliphatic carbocycles. The van der Waals surface area contributed by atoms with Crippen molar-refractivity contribution in [3.8, 4) is 22.9 Å². The third-order valence-electron chi connectivity index (χ3n) is 7.28. The molecule has 5 rings (SSSR count).